The predicted molar refractivity (Wildman–Crippen MR) is 75.1 cm³/mol. The number of ether oxygens (including phenoxy) is 1. The number of hydrogen-bond acceptors (Lipinski definition) is 4. The molecular formula is C14H28N2O3. The highest BCUT2D eigenvalue weighted by Gasteiger charge is 2.26. The number of aliphatic hydroxyl groups is 1. The fraction of sp³-hybridized carbons (Fsp3) is 0.929. The molecule has 5 nitrogen and oxygen atoms in total. The minimum absolute atomic E-state index is 0.169. The second kappa shape index (κ2) is 6.57. The molecule has 2 unspecified atom stereocenters. The van der Waals surface area contributed by atoms with Crippen molar-refractivity contribution < 1.29 is 14.6 Å². The molecule has 0 saturated carbocycles. The van der Waals surface area contributed by atoms with Crippen molar-refractivity contribution in [2.24, 2.45) is 0 Å². The van der Waals surface area contributed by atoms with E-state index in [0.29, 0.717) is 0 Å². The first-order valence-corrected chi connectivity index (χ1v) is 7.10. The smallest absolute Gasteiger partial charge is 0.407 e. The maximum absolute atomic E-state index is 11.7. The molecule has 0 aliphatic carbocycles. The molecular weight excluding hydrogens is 244 g/mol. The molecule has 1 amide bonds. The summed E-state index contributed by atoms with van der Waals surface area (Å²) in [5.74, 6) is 0. The quantitative estimate of drug-likeness (QED) is 0.821. The first-order chi connectivity index (χ1) is 8.69. The van der Waals surface area contributed by atoms with Gasteiger partial charge in [-0.2, -0.15) is 0 Å². The minimum Gasteiger partial charge on any atom is -0.444 e. The summed E-state index contributed by atoms with van der Waals surface area (Å²) in [5, 5.41) is 12.5. The topological polar surface area (TPSA) is 61.8 Å². The summed E-state index contributed by atoms with van der Waals surface area (Å²) in [4.78, 5) is 13.9. The second-order valence-electron chi connectivity index (χ2n) is 6.44. The fourth-order valence-corrected chi connectivity index (χ4v) is 2.23. The van der Waals surface area contributed by atoms with Crippen molar-refractivity contribution in [1.82, 2.24) is 10.2 Å². The minimum atomic E-state index is -0.453. The molecule has 5 heteroatoms. The average Bonchev–Trinajstić information content (AvgIpc) is 2.26. The summed E-state index contributed by atoms with van der Waals surface area (Å²) in [7, 11) is 0. The third-order valence-electron chi connectivity index (χ3n) is 3.52. The van der Waals surface area contributed by atoms with E-state index in [4.69, 9.17) is 4.74 Å². The van der Waals surface area contributed by atoms with Crippen LogP contribution in [0, 0.1) is 0 Å². The lowest BCUT2D eigenvalue weighted by molar-refractivity contribution is 0.0379. The molecule has 1 rings (SSSR count). The highest BCUT2D eigenvalue weighted by molar-refractivity contribution is 5.68. The van der Waals surface area contributed by atoms with Crippen LogP contribution in [0.4, 0.5) is 4.79 Å². The molecule has 0 radical (unpaired) electrons. The Morgan fingerprint density at radius 1 is 1.32 bits per heavy atom. The van der Waals surface area contributed by atoms with E-state index in [-0.39, 0.29) is 24.3 Å². The van der Waals surface area contributed by atoms with Gasteiger partial charge in [-0.25, -0.2) is 4.79 Å². The lowest BCUT2D eigenvalue weighted by atomic mass is 10.0. The van der Waals surface area contributed by atoms with Gasteiger partial charge in [-0.3, -0.25) is 4.90 Å². The van der Waals surface area contributed by atoms with E-state index in [9.17, 15) is 9.90 Å². The van der Waals surface area contributed by atoms with Crippen LogP contribution < -0.4 is 5.32 Å². The van der Waals surface area contributed by atoms with Crippen LogP contribution in [0.5, 0.6) is 0 Å². The molecule has 0 aromatic rings. The number of nitrogens with one attached hydrogen (secondary N) is 1. The average molecular weight is 272 g/mol. The number of amides is 1. The third kappa shape index (κ3) is 5.78. The Hall–Kier alpha value is -0.810. The van der Waals surface area contributed by atoms with Gasteiger partial charge >= 0.3 is 6.09 Å². The standard InChI is InChI=1S/C14H28N2O3/c1-10(11(2)17)16-8-6-12(7-9-16)15-13(18)19-14(3,4)5/h10-12,17H,6-9H2,1-5H3,(H,15,18). The van der Waals surface area contributed by atoms with E-state index in [0.717, 1.165) is 25.9 Å². The van der Waals surface area contributed by atoms with Crippen molar-refractivity contribution in [1.29, 1.82) is 0 Å². The van der Waals surface area contributed by atoms with Crippen LogP contribution in [-0.2, 0) is 4.74 Å². The van der Waals surface area contributed by atoms with Gasteiger partial charge < -0.3 is 15.2 Å². The fourth-order valence-electron chi connectivity index (χ4n) is 2.23. The van der Waals surface area contributed by atoms with Crippen molar-refractivity contribution in [2.45, 2.75) is 71.2 Å². The molecule has 0 aromatic carbocycles. The van der Waals surface area contributed by atoms with Crippen LogP contribution in [0.2, 0.25) is 0 Å². The van der Waals surface area contributed by atoms with Gasteiger partial charge in [0.15, 0.2) is 0 Å². The molecule has 0 aromatic heterocycles. The molecule has 2 atom stereocenters. The molecule has 0 bridgehead atoms. The second-order valence-corrected chi connectivity index (χ2v) is 6.44. The molecule has 1 fully saturated rings. The Labute approximate surface area is 116 Å². The van der Waals surface area contributed by atoms with Gasteiger partial charge in [0.25, 0.3) is 0 Å². The number of likely N-dealkylation sites (tertiary alicyclic amines) is 1. The monoisotopic (exact) mass is 272 g/mol. The van der Waals surface area contributed by atoms with Crippen LogP contribution in [0.3, 0.4) is 0 Å². The zero-order chi connectivity index (χ0) is 14.6. The van der Waals surface area contributed by atoms with Gasteiger partial charge in [-0.05, 0) is 47.5 Å². The SMILES string of the molecule is CC(O)C(C)N1CCC(NC(=O)OC(C)(C)C)CC1. The summed E-state index contributed by atoms with van der Waals surface area (Å²) in [6.45, 7) is 11.2. The largest absolute Gasteiger partial charge is 0.444 e. The van der Waals surface area contributed by atoms with Crippen LogP contribution >= 0.6 is 0 Å². The van der Waals surface area contributed by atoms with E-state index in [1.165, 1.54) is 0 Å². The number of alkyl carbamates (subject to hydrolysis) is 1. The highest BCUT2D eigenvalue weighted by atomic mass is 16.6. The van der Waals surface area contributed by atoms with Crippen LogP contribution in [0.25, 0.3) is 0 Å². The molecule has 1 aliphatic heterocycles. The first kappa shape index (κ1) is 16.2. The van der Waals surface area contributed by atoms with Gasteiger partial charge in [0, 0.05) is 25.2 Å². The lowest BCUT2D eigenvalue weighted by Crippen LogP contribution is -2.50. The van der Waals surface area contributed by atoms with Gasteiger partial charge in [0.2, 0.25) is 0 Å². The summed E-state index contributed by atoms with van der Waals surface area (Å²) in [5.41, 5.74) is -0.453. The number of rotatable bonds is 3. The maximum atomic E-state index is 11.7. The lowest BCUT2D eigenvalue weighted by Gasteiger charge is -2.37. The number of carbonyl (C=O) groups excluding carboxylic acids is 1. The number of nitrogens with zero attached hydrogens (tertiary/aromatic N) is 1. The van der Waals surface area contributed by atoms with Gasteiger partial charge in [0.1, 0.15) is 5.60 Å². The molecule has 1 saturated heterocycles. The third-order valence-corrected chi connectivity index (χ3v) is 3.52. The summed E-state index contributed by atoms with van der Waals surface area (Å²) in [6, 6.07) is 0.342. The highest BCUT2D eigenvalue weighted by Crippen LogP contribution is 2.16. The molecule has 1 aliphatic rings. The maximum Gasteiger partial charge on any atom is 0.407 e. The van der Waals surface area contributed by atoms with E-state index in [1.54, 1.807) is 0 Å². The molecule has 112 valence electrons. The van der Waals surface area contributed by atoms with Gasteiger partial charge in [-0.1, -0.05) is 0 Å². The van der Waals surface area contributed by atoms with Crippen molar-refractivity contribution in [3.8, 4) is 0 Å². The Morgan fingerprint density at radius 3 is 2.26 bits per heavy atom. The normalized spacial score (nSPS) is 21.8. The molecule has 1 heterocycles. The van der Waals surface area contributed by atoms with E-state index in [2.05, 4.69) is 10.2 Å². The summed E-state index contributed by atoms with van der Waals surface area (Å²) >= 11 is 0. The summed E-state index contributed by atoms with van der Waals surface area (Å²) < 4.78 is 5.25. The van der Waals surface area contributed by atoms with Crippen molar-refractivity contribution in [3.05, 3.63) is 0 Å². The zero-order valence-electron chi connectivity index (χ0n) is 12.8. The number of carbonyl (C=O) groups is 1. The number of piperidine rings is 1. The first-order valence-electron chi connectivity index (χ1n) is 7.10. The Balaban J connectivity index is 2.32. The number of aliphatic hydroxyl groups excluding tert-OH is 1. The van der Waals surface area contributed by atoms with E-state index < -0.39 is 5.60 Å². The molecule has 19 heavy (non-hydrogen) atoms. The van der Waals surface area contributed by atoms with Crippen LogP contribution in [-0.4, -0.2) is 53.0 Å². The Kier molecular flexibility index (Phi) is 5.62. The summed E-state index contributed by atoms with van der Waals surface area (Å²) in [6.07, 6.45) is 1.14. The molecule has 0 spiro atoms. The zero-order valence-corrected chi connectivity index (χ0v) is 12.8. The Morgan fingerprint density at radius 2 is 1.84 bits per heavy atom. The van der Waals surface area contributed by atoms with Crippen LogP contribution in [0.1, 0.15) is 47.5 Å². The van der Waals surface area contributed by atoms with E-state index >= 15 is 0 Å². The van der Waals surface area contributed by atoms with Gasteiger partial charge in [0.05, 0.1) is 6.10 Å². The molecule has 2 N–H and O–H groups in total. The Bertz CT molecular complexity index is 292. The van der Waals surface area contributed by atoms with Crippen LogP contribution in [0.15, 0.2) is 0 Å². The number of hydrogen-bond donors (Lipinski definition) is 2. The van der Waals surface area contributed by atoms with Crippen molar-refractivity contribution in [2.75, 3.05) is 13.1 Å². The van der Waals surface area contributed by atoms with E-state index in [1.807, 2.05) is 34.6 Å². The van der Waals surface area contributed by atoms with Crippen molar-refractivity contribution in [3.63, 3.8) is 0 Å². The van der Waals surface area contributed by atoms with Crippen molar-refractivity contribution >= 4 is 6.09 Å². The predicted octanol–water partition coefficient (Wildman–Crippen LogP) is 1.74. The van der Waals surface area contributed by atoms with Gasteiger partial charge in [-0.15, -0.1) is 0 Å².